The van der Waals surface area contributed by atoms with E-state index in [0.717, 1.165) is 0 Å². The summed E-state index contributed by atoms with van der Waals surface area (Å²) in [5, 5.41) is 23.0. The van der Waals surface area contributed by atoms with Gasteiger partial charge in [-0.2, -0.15) is 0 Å². The van der Waals surface area contributed by atoms with Gasteiger partial charge in [-0.05, 0) is 21.8 Å². The van der Waals surface area contributed by atoms with Crippen LogP contribution in [0.15, 0.2) is 73.3 Å². The molecular weight excluding hydrogens is 380 g/mol. The van der Waals surface area contributed by atoms with Gasteiger partial charge in [-0.3, -0.25) is 0 Å². The molecule has 4 nitrogen and oxygen atoms in total. The standard InChI is InChI=1S/C24H32O4Si/c1-5-12-20-22(25)23(26)21(28-20)17-27-29(24(2,3)4,18-13-8-6-9-14-18)19-15-10-7-11-16-19/h5-11,13-16,20-23,25-26H,1,12,17H2,2-4H3/t20-,21+,22+,23+/m1/s1. The fourth-order valence-corrected chi connectivity index (χ4v) is 8.86. The van der Waals surface area contributed by atoms with Crippen molar-refractivity contribution in [3.63, 3.8) is 0 Å². The third-order valence-electron chi connectivity index (χ3n) is 5.74. The predicted molar refractivity (Wildman–Crippen MR) is 119 cm³/mol. The molecule has 1 fully saturated rings. The molecule has 29 heavy (non-hydrogen) atoms. The summed E-state index contributed by atoms with van der Waals surface area (Å²) >= 11 is 0. The van der Waals surface area contributed by atoms with Gasteiger partial charge in [0.25, 0.3) is 8.32 Å². The molecule has 2 aromatic carbocycles. The van der Waals surface area contributed by atoms with Crippen LogP contribution in [0, 0.1) is 0 Å². The van der Waals surface area contributed by atoms with Crippen LogP contribution in [0.1, 0.15) is 27.2 Å². The van der Waals surface area contributed by atoms with Crippen molar-refractivity contribution in [2.24, 2.45) is 0 Å². The molecule has 156 valence electrons. The predicted octanol–water partition coefficient (Wildman–Crippen LogP) is 2.63. The summed E-state index contributed by atoms with van der Waals surface area (Å²) in [5.74, 6) is 0. The Morgan fingerprint density at radius 2 is 1.41 bits per heavy atom. The number of aliphatic hydroxyl groups is 2. The molecule has 0 bridgehead atoms. The lowest BCUT2D eigenvalue weighted by Crippen LogP contribution is -2.67. The maximum atomic E-state index is 10.5. The van der Waals surface area contributed by atoms with Gasteiger partial charge in [0.1, 0.15) is 18.3 Å². The average Bonchev–Trinajstić information content (AvgIpc) is 2.97. The van der Waals surface area contributed by atoms with Crippen molar-refractivity contribution in [2.75, 3.05) is 6.61 Å². The Labute approximate surface area is 174 Å². The van der Waals surface area contributed by atoms with Gasteiger partial charge in [0.05, 0.1) is 12.7 Å². The smallest absolute Gasteiger partial charge is 0.261 e. The first-order chi connectivity index (χ1) is 13.8. The number of ether oxygens (including phenoxy) is 1. The highest BCUT2D eigenvalue weighted by Crippen LogP contribution is 2.37. The second-order valence-electron chi connectivity index (χ2n) is 8.69. The van der Waals surface area contributed by atoms with Gasteiger partial charge < -0.3 is 19.4 Å². The Morgan fingerprint density at radius 3 is 1.86 bits per heavy atom. The second kappa shape index (κ2) is 8.94. The van der Waals surface area contributed by atoms with Crippen LogP contribution in [0.25, 0.3) is 0 Å². The topological polar surface area (TPSA) is 58.9 Å². The minimum absolute atomic E-state index is 0.154. The summed E-state index contributed by atoms with van der Waals surface area (Å²) in [6, 6.07) is 20.7. The van der Waals surface area contributed by atoms with Gasteiger partial charge >= 0.3 is 0 Å². The molecule has 1 aliphatic heterocycles. The molecule has 1 aliphatic rings. The summed E-state index contributed by atoms with van der Waals surface area (Å²) < 4.78 is 12.7. The van der Waals surface area contributed by atoms with Gasteiger partial charge in [0.2, 0.25) is 0 Å². The van der Waals surface area contributed by atoms with E-state index in [0.29, 0.717) is 6.42 Å². The molecule has 4 atom stereocenters. The fourth-order valence-electron chi connectivity index (χ4n) is 4.29. The number of rotatable bonds is 7. The van der Waals surface area contributed by atoms with E-state index >= 15 is 0 Å². The quantitative estimate of drug-likeness (QED) is 0.542. The number of benzene rings is 2. The normalized spacial score (nSPS) is 25.1. The van der Waals surface area contributed by atoms with Crippen molar-refractivity contribution in [2.45, 2.75) is 56.6 Å². The number of aliphatic hydroxyl groups excluding tert-OH is 2. The van der Waals surface area contributed by atoms with Crippen LogP contribution < -0.4 is 10.4 Å². The first-order valence-electron chi connectivity index (χ1n) is 10.2. The third kappa shape index (κ3) is 4.25. The van der Waals surface area contributed by atoms with Crippen LogP contribution in [0.2, 0.25) is 5.04 Å². The highest BCUT2D eigenvalue weighted by molar-refractivity contribution is 6.99. The van der Waals surface area contributed by atoms with E-state index < -0.39 is 32.7 Å². The molecular formula is C24H32O4Si. The first-order valence-corrected chi connectivity index (χ1v) is 12.1. The zero-order valence-corrected chi connectivity index (χ0v) is 18.5. The summed E-state index contributed by atoms with van der Waals surface area (Å²) in [5.41, 5.74) is 0. The van der Waals surface area contributed by atoms with Crippen molar-refractivity contribution in [1.29, 1.82) is 0 Å². The fraction of sp³-hybridized carbons (Fsp3) is 0.417. The molecule has 0 spiro atoms. The third-order valence-corrected chi connectivity index (χ3v) is 10.7. The van der Waals surface area contributed by atoms with Gasteiger partial charge in [0, 0.05) is 0 Å². The van der Waals surface area contributed by atoms with E-state index in [1.807, 2.05) is 36.4 Å². The Kier molecular flexibility index (Phi) is 6.76. The van der Waals surface area contributed by atoms with Crippen molar-refractivity contribution in [1.82, 2.24) is 0 Å². The average molecular weight is 413 g/mol. The Balaban J connectivity index is 1.98. The molecule has 3 rings (SSSR count). The van der Waals surface area contributed by atoms with Crippen LogP contribution in [-0.4, -0.2) is 49.6 Å². The van der Waals surface area contributed by atoms with Gasteiger partial charge in [-0.1, -0.05) is 87.5 Å². The van der Waals surface area contributed by atoms with E-state index in [2.05, 4.69) is 51.6 Å². The van der Waals surface area contributed by atoms with Crippen molar-refractivity contribution < 1.29 is 19.4 Å². The summed E-state index contributed by atoms with van der Waals surface area (Å²) in [4.78, 5) is 0. The molecule has 1 heterocycles. The first kappa shape index (κ1) is 21.9. The van der Waals surface area contributed by atoms with Crippen LogP contribution in [0.5, 0.6) is 0 Å². The number of hydrogen-bond donors (Lipinski definition) is 2. The molecule has 0 radical (unpaired) electrons. The highest BCUT2D eigenvalue weighted by atomic mass is 28.4. The highest BCUT2D eigenvalue weighted by Gasteiger charge is 2.51. The van der Waals surface area contributed by atoms with Crippen LogP contribution >= 0.6 is 0 Å². The van der Waals surface area contributed by atoms with E-state index in [9.17, 15) is 10.2 Å². The molecule has 0 aromatic heterocycles. The Bertz CT molecular complexity index is 748. The van der Waals surface area contributed by atoms with E-state index in [-0.39, 0.29) is 11.6 Å². The zero-order valence-electron chi connectivity index (χ0n) is 17.5. The molecule has 0 unspecified atom stereocenters. The monoisotopic (exact) mass is 412 g/mol. The zero-order chi connectivity index (χ0) is 21.1. The molecule has 0 saturated carbocycles. The van der Waals surface area contributed by atoms with E-state index in [1.54, 1.807) is 6.08 Å². The maximum absolute atomic E-state index is 10.5. The van der Waals surface area contributed by atoms with Crippen molar-refractivity contribution in [3.05, 3.63) is 73.3 Å². The lowest BCUT2D eigenvalue weighted by molar-refractivity contribution is -0.0170. The number of hydrogen-bond acceptors (Lipinski definition) is 4. The van der Waals surface area contributed by atoms with Gasteiger partial charge in [-0.15, -0.1) is 6.58 Å². The molecule has 5 heteroatoms. The molecule has 1 saturated heterocycles. The van der Waals surface area contributed by atoms with E-state index in [4.69, 9.17) is 9.16 Å². The van der Waals surface area contributed by atoms with Gasteiger partial charge in [-0.25, -0.2) is 0 Å². The van der Waals surface area contributed by atoms with Crippen LogP contribution in [0.3, 0.4) is 0 Å². The molecule has 0 amide bonds. The van der Waals surface area contributed by atoms with Crippen molar-refractivity contribution >= 4 is 18.7 Å². The summed E-state index contributed by atoms with van der Waals surface area (Å²) in [6.07, 6.45) is -0.731. The lowest BCUT2D eigenvalue weighted by atomic mass is 10.1. The van der Waals surface area contributed by atoms with E-state index in [1.165, 1.54) is 10.4 Å². The summed E-state index contributed by atoms with van der Waals surface area (Å²) in [6.45, 7) is 10.6. The second-order valence-corrected chi connectivity index (χ2v) is 13.0. The minimum Gasteiger partial charge on any atom is -0.405 e. The SMILES string of the molecule is C=CC[C@H]1O[C@@H](CO[Si](c2ccccc2)(c2ccccc2)C(C)(C)C)[C@H](O)[C@H]1O. The van der Waals surface area contributed by atoms with Crippen LogP contribution in [0.4, 0.5) is 0 Å². The lowest BCUT2D eigenvalue weighted by Gasteiger charge is -2.43. The maximum Gasteiger partial charge on any atom is 0.261 e. The minimum atomic E-state index is -2.70. The largest absolute Gasteiger partial charge is 0.405 e. The molecule has 2 N–H and O–H groups in total. The van der Waals surface area contributed by atoms with Crippen molar-refractivity contribution in [3.8, 4) is 0 Å². The Hall–Kier alpha value is -1.76. The molecule has 0 aliphatic carbocycles. The molecule has 2 aromatic rings. The summed E-state index contributed by atoms with van der Waals surface area (Å²) in [7, 11) is -2.70. The Morgan fingerprint density at radius 1 is 0.931 bits per heavy atom. The van der Waals surface area contributed by atoms with Gasteiger partial charge in [0.15, 0.2) is 0 Å². The van der Waals surface area contributed by atoms with Crippen LogP contribution in [-0.2, 0) is 9.16 Å².